The molecule has 11 nitrogen and oxygen atoms in total. The standard InChI is InChI=1S/C27H27F3N4O7/c1-24(2,3)41-23(38)34-13-12-25(34)14-33(15-25)26(20(35)31-22(37)32-21(26)36)16-4-6-17(7-5-16)39-18-8-10-19(11-9-18)40-27(28,29)30/h4-11H,12-15H2,1-3H3,(H2,31,32,35,36,37). The van der Waals surface area contributed by atoms with Crippen molar-refractivity contribution in [2.24, 2.45) is 0 Å². The Morgan fingerprint density at radius 3 is 1.83 bits per heavy atom. The number of rotatable bonds is 5. The van der Waals surface area contributed by atoms with Crippen molar-refractivity contribution in [2.45, 2.75) is 50.2 Å². The molecule has 2 aromatic rings. The van der Waals surface area contributed by atoms with Crippen LogP contribution in [0.5, 0.6) is 17.2 Å². The first-order chi connectivity index (χ1) is 19.1. The lowest BCUT2D eigenvalue weighted by atomic mass is 9.72. The fourth-order valence-corrected chi connectivity index (χ4v) is 5.24. The number of halogens is 3. The number of nitrogens with one attached hydrogen (secondary N) is 2. The second-order valence-corrected chi connectivity index (χ2v) is 11.1. The number of hydrogen-bond acceptors (Lipinski definition) is 8. The number of amides is 5. The molecule has 0 atom stereocenters. The predicted molar refractivity (Wildman–Crippen MR) is 135 cm³/mol. The molecule has 2 aromatic carbocycles. The Balaban J connectivity index is 1.36. The maximum absolute atomic E-state index is 13.3. The van der Waals surface area contributed by atoms with E-state index in [0.29, 0.717) is 13.0 Å². The van der Waals surface area contributed by atoms with Crippen molar-refractivity contribution in [3.8, 4) is 17.2 Å². The summed E-state index contributed by atoms with van der Waals surface area (Å²) in [5, 5.41) is 4.35. The highest BCUT2D eigenvalue weighted by molar-refractivity contribution is 6.22. The predicted octanol–water partition coefficient (Wildman–Crippen LogP) is 3.63. The highest BCUT2D eigenvalue weighted by Gasteiger charge is 2.66. The number of carbonyl (C=O) groups excluding carboxylic acids is 4. The molecule has 218 valence electrons. The van der Waals surface area contributed by atoms with Gasteiger partial charge in [0.15, 0.2) is 0 Å². The van der Waals surface area contributed by atoms with Gasteiger partial charge in [-0.15, -0.1) is 13.2 Å². The maximum Gasteiger partial charge on any atom is 0.573 e. The van der Waals surface area contributed by atoms with Crippen molar-refractivity contribution in [3.63, 3.8) is 0 Å². The summed E-state index contributed by atoms with van der Waals surface area (Å²) in [5.41, 5.74) is -2.95. The third-order valence-electron chi connectivity index (χ3n) is 7.11. The van der Waals surface area contributed by atoms with Crippen molar-refractivity contribution in [2.75, 3.05) is 19.6 Å². The molecule has 0 aromatic heterocycles. The Bertz CT molecular complexity index is 1360. The van der Waals surface area contributed by atoms with Gasteiger partial charge in [-0.25, -0.2) is 9.59 Å². The molecule has 0 bridgehead atoms. The summed E-state index contributed by atoms with van der Waals surface area (Å²) in [6, 6.07) is 9.78. The summed E-state index contributed by atoms with van der Waals surface area (Å²) >= 11 is 0. The first-order valence-electron chi connectivity index (χ1n) is 12.7. The van der Waals surface area contributed by atoms with Crippen LogP contribution in [0.15, 0.2) is 48.5 Å². The van der Waals surface area contributed by atoms with Gasteiger partial charge in [0.25, 0.3) is 11.8 Å². The largest absolute Gasteiger partial charge is 0.573 e. The highest BCUT2D eigenvalue weighted by Crippen LogP contribution is 2.47. The van der Waals surface area contributed by atoms with Gasteiger partial charge in [-0.2, -0.15) is 0 Å². The molecule has 3 heterocycles. The van der Waals surface area contributed by atoms with Gasteiger partial charge in [-0.1, -0.05) is 12.1 Å². The summed E-state index contributed by atoms with van der Waals surface area (Å²) in [5.74, 6) is -1.58. The summed E-state index contributed by atoms with van der Waals surface area (Å²) in [6.07, 6.45) is -4.65. The Labute approximate surface area is 232 Å². The minimum Gasteiger partial charge on any atom is -0.457 e. The number of carbonyl (C=O) groups is 4. The number of likely N-dealkylation sites (tertiary alicyclic amines) is 2. The van der Waals surface area contributed by atoms with Gasteiger partial charge < -0.3 is 14.2 Å². The first-order valence-corrected chi connectivity index (χ1v) is 12.7. The van der Waals surface area contributed by atoms with Crippen molar-refractivity contribution in [1.82, 2.24) is 20.4 Å². The number of barbiturate groups is 1. The SMILES string of the molecule is CC(C)(C)OC(=O)N1CCC12CN(C1(c3ccc(Oc4ccc(OC(F)(F)F)cc4)cc3)C(=O)NC(=O)NC1=O)C2. The van der Waals surface area contributed by atoms with Crippen LogP contribution < -0.4 is 20.1 Å². The molecule has 3 saturated heterocycles. The van der Waals surface area contributed by atoms with E-state index in [1.807, 2.05) is 0 Å². The van der Waals surface area contributed by atoms with E-state index in [1.165, 1.54) is 36.4 Å². The second kappa shape index (κ2) is 9.65. The Kier molecular flexibility index (Phi) is 6.64. The number of ether oxygens (including phenoxy) is 3. The molecule has 0 unspecified atom stereocenters. The molecule has 5 amide bonds. The molecule has 1 spiro atoms. The van der Waals surface area contributed by atoms with E-state index in [9.17, 15) is 32.3 Å². The topological polar surface area (TPSA) is 127 Å². The van der Waals surface area contributed by atoms with E-state index >= 15 is 0 Å². The maximum atomic E-state index is 13.3. The quantitative estimate of drug-likeness (QED) is 0.517. The van der Waals surface area contributed by atoms with Gasteiger partial charge in [-0.3, -0.25) is 30.0 Å². The third kappa shape index (κ3) is 5.26. The lowest BCUT2D eigenvalue weighted by Gasteiger charge is -2.65. The van der Waals surface area contributed by atoms with Gasteiger partial charge in [0.1, 0.15) is 22.8 Å². The molecule has 3 aliphatic heterocycles. The number of imide groups is 2. The minimum atomic E-state index is -4.82. The summed E-state index contributed by atoms with van der Waals surface area (Å²) in [7, 11) is 0. The molecular weight excluding hydrogens is 549 g/mol. The van der Waals surface area contributed by atoms with Crippen LogP contribution in [0.2, 0.25) is 0 Å². The third-order valence-corrected chi connectivity index (χ3v) is 7.11. The number of nitrogens with zero attached hydrogens (tertiary/aromatic N) is 2. The molecular formula is C27H27F3N4O7. The van der Waals surface area contributed by atoms with Crippen LogP contribution in [0.25, 0.3) is 0 Å². The van der Waals surface area contributed by atoms with E-state index in [-0.39, 0.29) is 30.2 Å². The summed E-state index contributed by atoms with van der Waals surface area (Å²) in [4.78, 5) is 54.5. The van der Waals surface area contributed by atoms with Crippen molar-refractivity contribution in [3.05, 3.63) is 54.1 Å². The fourth-order valence-electron chi connectivity index (χ4n) is 5.24. The number of hydrogen-bond donors (Lipinski definition) is 2. The van der Waals surface area contributed by atoms with Crippen LogP contribution >= 0.6 is 0 Å². The summed E-state index contributed by atoms with van der Waals surface area (Å²) in [6.45, 7) is 6.13. The van der Waals surface area contributed by atoms with Crippen molar-refractivity contribution < 1.29 is 46.6 Å². The molecule has 41 heavy (non-hydrogen) atoms. The van der Waals surface area contributed by atoms with E-state index in [0.717, 1.165) is 12.1 Å². The van der Waals surface area contributed by atoms with Crippen LogP contribution in [0.4, 0.5) is 22.8 Å². The highest BCUT2D eigenvalue weighted by atomic mass is 19.4. The second-order valence-electron chi connectivity index (χ2n) is 11.1. The average molecular weight is 577 g/mol. The zero-order valence-corrected chi connectivity index (χ0v) is 22.3. The van der Waals surface area contributed by atoms with Crippen molar-refractivity contribution >= 4 is 23.9 Å². The average Bonchev–Trinajstić information content (AvgIpc) is 2.79. The molecule has 3 fully saturated rings. The normalized spacial score (nSPS) is 20.0. The van der Waals surface area contributed by atoms with Crippen LogP contribution in [0.1, 0.15) is 32.8 Å². The molecule has 2 N–H and O–H groups in total. The van der Waals surface area contributed by atoms with Gasteiger partial charge in [0.05, 0.1) is 5.54 Å². The monoisotopic (exact) mass is 576 g/mol. The van der Waals surface area contributed by atoms with Crippen LogP contribution in [0.3, 0.4) is 0 Å². The zero-order chi connectivity index (χ0) is 29.8. The molecule has 5 rings (SSSR count). The fraction of sp³-hybridized carbons (Fsp3) is 0.407. The van der Waals surface area contributed by atoms with Crippen LogP contribution in [-0.4, -0.2) is 70.9 Å². The number of benzene rings is 2. The van der Waals surface area contributed by atoms with Gasteiger partial charge in [0, 0.05) is 19.6 Å². The van der Waals surface area contributed by atoms with Gasteiger partial charge in [-0.05, 0) is 69.2 Å². The molecule has 0 saturated carbocycles. The van der Waals surface area contributed by atoms with Crippen molar-refractivity contribution in [1.29, 1.82) is 0 Å². The summed E-state index contributed by atoms with van der Waals surface area (Å²) < 4.78 is 52.2. The van der Waals surface area contributed by atoms with Gasteiger partial charge in [0.2, 0.25) is 5.54 Å². The van der Waals surface area contributed by atoms with E-state index in [1.54, 1.807) is 30.6 Å². The van der Waals surface area contributed by atoms with Crippen LogP contribution in [0, 0.1) is 0 Å². The van der Waals surface area contributed by atoms with E-state index in [4.69, 9.17) is 9.47 Å². The molecule has 0 radical (unpaired) electrons. The molecule has 0 aliphatic carbocycles. The zero-order valence-electron chi connectivity index (χ0n) is 22.3. The van der Waals surface area contributed by atoms with Gasteiger partial charge >= 0.3 is 18.5 Å². The number of urea groups is 1. The minimum absolute atomic E-state index is 0.186. The first kappa shape index (κ1) is 28.2. The van der Waals surface area contributed by atoms with E-state index in [2.05, 4.69) is 15.4 Å². The lowest BCUT2D eigenvalue weighted by Crippen LogP contribution is -2.84. The Morgan fingerprint density at radius 1 is 0.854 bits per heavy atom. The molecule has 3 aliphatic rings. The van der Waals surface area contributed by atoms with E-state index < -0.39 is 52.7 Å². The number of alkyl halides is 3. The van der Waals surface area contributed by atoms with Crippen LogP contribution in [-0.2, 0) is 19.9 Å². The smallest absolute Gasteiger partial charge is 0.457 e. The molecule has 14 heteroatoms. The Hall–Kier alpha value is -4.33. The lowest BCUT2D eigenvalue weighted by molar-refractivity contribution is -0.274. The Morgan fingerprint density at radius 2 is 1.37 bits per heavy atom.